The molecule has 1 aromatic rings. The van der Waals surface area contributed by atoms with Crippen LogP contribution in [0.1, 0.15) is 65.2 Å². The Bertz CT molecular complexity index is 719. The summed E-state index contributed by atoms with van der Waals surface area (Å²) >= 11 is 5.99. The molecule has 2 heterocycles. The lowest BCUT2D eigenvalue weighted by molar-refractivity contribution is -0.141. The Morgan fingerprint density at radius 2 is 1.58 bits per heavy atom. The fourth-order valence-corrected chi connectivity index (χ4v) is 4.94. The summed E-state index contributed by atoms with van der Waals surface area (Å²) < 4.78 is 6.14. The van der Waals surface area contributed by atoms with Gasteiger partial charge in [-0.15, -0.1) is 0 Å². The Morgan fingerprint density at radius 1 is 0.968 bits per heavy atom. The first-order valence-corrected chi connectivity index (χ1v) is 12.3. The molecular formula is C25H37ClN2O3. The maximum atomic E-state index is 13.1. The zero-order chi connectivity index (χ0) is 22.3. The summed E-state index contributed by atoms with van der Waals surface area (Å²) in [4.78, 5) is 30.0. The molecule has 0 atom stereocenters. The number of benzene rings is 1. The van der Waals surface area contributed by atoms with Gasteiger partial charge in [-0.2, -0.15) is 0 Å². The second-order valence-electron chi connectivity index (χ2n) is 9.20. The number of halogens is 1. The van der Waals surface area contributed by atoms with Crippen LogP contribution in [0, 0.1) is 11.3 Å². The maximum absolute atomic E-state index is 13.1. The minimum Gasteiger partial charge on any atom is -0.493 e. The van der Waals surface area contributed by atoms with Crippen molar-refractivity contribution in [3.05, 3.63) is 29.3 Å². The Morgan fingerprint density at radius 3 is 2.16 bits per heavy atom. The number of rotatable bonds is 8. The predicted octanol–water partition coefficient (Wildman–Crippen LogP) is 5.17. The van der Waals surface area contributed by atoms with E-state index in [2.05, 4.69) is 13.8 Å². The van der Waals surface area contributed by atoms with Gasteiger partial charge in [0.05, 0.1) is 6.61 Å². The number of ether oxygens (including phenoxy) is 1. The molecule has 2 amide bonds. The van der Waals surface area contributed by atoms with E-state index < -0.39 is 0 Å². The zero-order valence-electron chi connectivity index (χ0n) is 19.1. The molecule has 0 unspecified atom stereocenters. The third-order valence-corrected chi connectivity index (χ3v) is 7.32. The quantitative estimate of drug-likeness (QED) is 0.551. The summed E-state index contributed by atoms with van der Waals surface area (Å²) in [7, 11) is 0. The largest absolute Gasteiger partial charge is 0.493 e. The van der Waals surface area contributed by atoms with Crippen molar-refractivity contribution in [2.75, 3.05) is 32.8 Å². The molecule has 2 saturated heterocycles. The third kappa shape index (κ3) is 6.38. The first kappa shape index (κ1) is 23.9. The highest BCUT2D eigenvalue weighted by atomic mass is 35.5. The van der Waals surface area contributed by atoms with Crippen LogP contribution in [-0.4, -0.2) is 54.4 Å². The van der Waals surface area contributed by atoms with Crippen LogP contribution in [-0.2, 0) is 9.59 Å². The Labute approximate surface area is 192 Å². The van der Waals surface area contributed by atoms with Gasteiger partial charge >= 0.3 is 0 Å². The number of carbonyl (C=O) groups is 2. The van der Waals surface area contributed by atoms with Crippen molar-refractivity contribution in [3.63, 3.8) is 0 Å². The number of carbonyl (C=O) groups excluding carboxylic acids is 2. The first-order valence-electron chi connectivity index (χ1n) is 11.9. The molecular weight excluding hydrogens is 412 g/mol. The normalized spacial score (nSPS) is 18.8. The van der Waals surface area contributed by atoms with Gasteiger partial charge < -0.3 is 14.5 Å². The fourth-order valence-electron chi connectivity index (χ4n) is 4.81. The lowest BCUT2D eigenvalue weighted by Crippen LogP contribution is -2.49. The van der Waals surface area contributed by atoms with E-state index in [1.54, 1.807) is 0 Å². The van der Waals surface area contributed by atoms with E-state index in [0.29, 0.717) is 31.1 Å². The Balaban J connectivity index is 1.68. The number of piperidine rings is 2. The van der Waals surface area contributed by atoms with Gasteiger partial charge in [0.15, 0.2) is 0 Å². The highest BCUT2D eigenvalue weighted by Crippen LogP contribution is 2.37. The van der Waals surface area contributed by atoms with Crippen molar-refractivity contribution in [1.29, 1.82) is 0 Å². The standard InChI is InChI=1S/C25H37ClN2O3/c1-3-20(4-2)24(30)28-16-12-25(13-17-28,18-23(29)27-14-6-5-7-15-27)19-31-22-10-8-21(26)9-11-22/h8-11,20H,3-7,12-19H2,1-2H3. The van der Waals surface area contributed by atoms with Gasteiger partial charge in [0, 0.05) is 49.0 Å². The first-order chi connectivity index (χ1) is 15.0. The van der Waals surface area contributed by atoms with E-state index in [4.69, 9.17) is 16.3 Å². The average Bonchev–Trinajstić information content (AvgIpc) is 2.80. The van der Waals surface area contributed by atoms with E-state index in [0.717, 1.165) is 57.4 Å². The van der Waals surface area contributed by atoms with Gasteiger partial charge in [-0.1, -0.05) is 25.4 Å². The molecule has 0 aliphatic carbocycles. The van der Waals surface area contributed by atoms with Gasteiger partial charge in [-0.25, -0.2) is 0 Å². The molecule has 6 heteroatoms. The third-order valence-electron chi connectivity index (χ3n) is 7.06. The summed E-state index contributed by atoms with van der Waals surface area (Å²) in [6.07, 6.45) is 7.25. The minimum absolute atomic E-state index is 0.104. The fraction of sp³-hybridized carbons (Fsp3) is 0.680. The van der Waals surface area contributed by atoms with Gasteiger partial charge in [0.25, 0.3) is 0 Å². The van der Waals surface area contributed by atoms with E-state index in [1.165, 1.54) is 6.42 Å². The van der Waals surface area contributed by atoms with Crippen LogP contribution in [0.25, 0.3) is 0 Å². The smallest absolute Gasteiger partial charge is 0.225 e. The van der Waals surface area contributed by atoms with Crippen molar-refractivity contribution in [2.45, 2.75) is 65.2 Å². The summed E-state index contributed by atoms with van der Waals surface area (Å²) in [5, 5.41) is 0.676. The van der Waals surface area contributed by atoms with Crippen LogP contribution >= 0.6 is 11.6 Å². The topological polar surface area (TPSA) is 49.9 Å². The SMILES string of the molecule is CCC(CC)C(=O)N1CCC(COc2ccc(Cl)cc2)(CC(=O)N2CCCCC2)CC1. The highest BCUT2D eigenvalue weighted by Gasteiger charge is 2.40. The molecule has 0 spiro atoms. The van der Waals surface area contributed by atoms with Crippen LogP contribution in [0.3, 0.4) is 0 Å². The van der Waals surface area contributed by atoms with Gasteiger partial charge in [-0.3, -0.25) is 9.59 Å². The highest BCUT2D eigenvalue weighted by molar-refractivity contribution is 6.30. The molecule has 172 valence electrons. The Kier molecular flexibility index (Phi) is 8.65. The van der Waals surface area contributed by atoms with Crippen LogP contribution in [0.2, 0.25) is 5.02 Å². The number of amides is 2. The van der Waals surface area contributed by atoms with Crippen LogP contribution < -0.4 is 4.74 Å². The van der Waals surface area contributed by atoms with E-state index in [9.17, 15) is 9.59 Å². The van der Waals surface area contributed by atoms with Crippen LogP contribution in [0.4, 0.5) is 0 Å². The number of hydrogen-bond donors (Lipinski definition) is 0. The molecule has 1 aromatic carbocycles. The molecule has 3 rings (SSSR count). The molecule has 0 saturated carbocycles. The van der Waals surface area contributed by atoms with Crippen molar-refractivity contribution in [1.82, 2.24) is 9.80 Å². The molecule has 0 bridgehead atoms. The molecule has 0 aromatic heterocycles. The van der Waals surface area contributed by atoms with Gasteiger partial charge in [0.2, 0.25) is 11.8 Å². The number of hydrogen-bond acceptors (Lipinski definition) is 3. The van der Waals surface area contributed by atoms with Gasteiger partial charge in [-0.05, 0) is 69.2 Å². The molecule has 2 fully saturated rings. The summed E-state index contributed by atoms with van der Waals surface area (Å²) in [6, 6.07) is 7.38. The summed E-state index contributed by atoms with van der Waals surface area (Å²) in [6.45, 7) is 7.79. The molecule has 0 radical (unpaired) electrons. The predicted molar refractivity (Wildman–Crippen MR) is 124 cm³/mol. The lowest BCUT2D eigenvalue weighted by Gasteiger charge is -2.43. The van der Waals surface area contributed by atoms with E-state index >= 15 is 0 Å². The molecule has 31 heavy (non-hydrogen) atoms. The number of likely N-dealkylation sites (tertiary alicyclic amines) is 2. The average molecular weight is 449 g/mol. The van der Waals surface area contributed by atoms with E-state index in [-0.39, 0.29) is 23.1 Å². The lowest BCUT2D eigenvalue weighted by atomic mass is 9.75. The second-order valence-corrected chi connectivity index (χ2v) is 9.64. The van der Waals surface area contributed by atoms with E-state index in [1.807, 2.05) is 34.1 Å². The zero-order valence-corrected chi connectivity index (χ0v) is 19.8. The molecule has 0 N–H and O–H groups in total. The van der Waals surface area contributed by atoms with Crippen LogP contribution in [0.15, 0.2) is 24.3 Å². The van der Waals surface area contributed by atoms with Gasteiger partial charge in [0.1, 0.15) is 5.75 Å². The Hall–Kier alpha value is -1.75. The van der Waals surface area contributed by atoms with Crippen LogP contribution in [0.5, 0.6) is 5.75 Å². The maximum Gasteiger partial charge on any atom is 0.225 e. The molecule has 2 aliphatic rings. The molecule has 5 nitrogen and oxygen atoms in total. The summed E-state index contributed by atoms with van der Waals surface area (Å²) in [5.41, 5.74) is -0.237. The van der Waals surface area contributed by atoms with Crippen molar-refractivity contribution in [2.24, 2.45) is 11.3 Å². The second kappa shape index (κ2) is 11.2. The minimum atomic E-state index is -0.237. The monoisotopic (exact) mass is 448 g/mol. The van der Waals surface area contributed by atoms with Crippen molar-refractivity contribution < 1.29 is 14.3 Å². The van der Waals surface area contributed by atoms with Crippen molar-refractivity contribution in [3.8, 4) is 5.75 Å². The van der Waals surface area contributed by atoms with Crippen molar-refractivity contribution >= 4 is 23.4 Å². The summed E-state index contributed by atoms with van der Waals surface area (Å²) in [5.74, 6) is 1.37. The molecule has 2 aliphatic heterocycles. The number of nitrogens with zero attached hydrogens (tertiary/aromatic N) is 2.